The van der Waals surface area contributed by atoms with Gasteiger partial charge in [-0.05, 0) is 24.1 Å². The van der Waals surface area contributed by atoms with Crippen LogP contribution >= 0.6 is 0 Å². The van der Waals surface area contributed by atoms with Gasteiger partial charge in [0.2, 0.25) is 5.91 Å². The van der Waals surface area contributed by atoms with Gasteiger partial charge < -0.3 is 20.3 Å². The number of aliphatic hydroxyl groups excluding tert-OH is 1. The Labute approximate surface area is 111 Å². The molecule has 0 heterocycles. The standard InChI is InChI=1S/C13H17NO5/c1-19-10-4-2-3-9(7-10)5-6-12(16)14-11(8-15)13(17)18/h2-4,7,11,15H,5-6,8H2,1H3,(H,14,16)(H,17,18). The number of aliphatic hydroxyl groups is 1. The van der Waals surface area contributed by atoms with Crippen LogP contribution in [0.2, 0.25) is 0 Å². The molecule has 1 amide bonds. The van der Waals surface area contributed by atoms with E-state index in [1.54, 1.807) is 13.2 Å². The zero-order valence-electron chi connectivity index (χ0n) is 10.6. The van der Waals surface area contributed by atoms with Gasteiger partial charge in [-0.15, -0.1) is 0 Å². The number of hydrogen-bond donors (Lipinski definition) is 3. The van der Waals surface area contributed by atoms with E-state index >= 15 is 0 Å². The lowest BCUT2D eigenvalue weighted by atomic mass is 10.1. The van der Waals surface area contributed by atoms with Crippen LogP contribution in [0.4, 0.5) is 0 Å². The zero-order valence-corrected chi connectivity index (χ0v) is 10.6. The summed E-state index contributed by atoms with van der Waals surface area (Å²) in [6.45, 7) is -0.625. The number of amides is 1. The van der Waals surface area contributed by atoms with Crippen molar-refractivity contribution in [3.63, 3.8) is 0 Å². The molecule has 0 aliphatic rings. The van der Waals surface area contributed by atoms with E-state index in [1.165, 1.54) is 0 Å². The average molecular weight is 267 g/mol. The minimum absolute atomic E-state index is 0.150. The van der Waals surface area contributed by atoms with Gasteiger partial charge in [0.25, 0.3) is 0 Å². The molecule has 19 heavy (non-hydrogen) atoms. The van der Waals surface area contributed by atoms with Crippen LogP contribution in [0.5, 0.6) is 5.75 Å². The first kappa shape index (κ1) is 15.0. The third-order valence-corrected chi connectivity index (χ3v) is 2.59. The minimum atomic E-state index is -1.25. The maximum Gasteiger partial charge on any atom is 0.328 e. The Morgan fingerprint density at radius 2 is 2.16 bits per heavy atom. The van der Waals surface area contributed by atoms with E-state index in [1.807, 2.05) is 18.2 Å². The number of benzene rings is 1. The van der Waals surface area contributed by atoms with Crippen molar-refractivity contribution in [2.45, 2.75) is 18.9 Å². The average Bonchev–Trinajstić information content (AvgIpc) is 2.42. The normalized spacial score (nSPS) is 11.7. The molecule has 0 spiro atoms. The first-order valence-electron chi connectivity index (χ1n) is 5.82. The Bertz CT molecular complexity index is 446. The maximum atomic E-state index is 11.5. The highest BCUT2D eigenvalue weighted by molar-refractivity contribution is 5.83. The molecule has 0 fully saturated rings. The lowest BCUT2D eigenvalue weighted by Crippen LogP contribution is -2.43. The van der Waals surface area contributed by atoms with Gasteiger partial charge in [0.1, 0.15) is 11.8 Å². The van der Waals surface area contributed by atoms with E-state index in [9.17, 15) is 9.59 Å². The molecule has 104 valence electrons. The molecule has 0 saturated heterocycles. The number of carbonyl (C=O) groups excluding carboxylic acids is 1. The molecule has 1 atom stereocenters. The van der Waals surface area contributed by atoms with E-state index in [2.05, 4.69) is 5.32 Å². The number of hydrogen-bond acceptors (Lipinski definition) is 4. The Morgan fingerprint density at radius 1 is 1.42 bits per heavy atom. The van der Waals surface area contributed by atoms with Gasteiger partial charge in [0, 0.05) is 6.42 Å². The fourth-order valence-electron chi connectivity index (χ4n) is 1.54. The summed E-state index contributed by atoms with van der Waals surface area (Å²) in [6, 6.07) is 6.04. The van der Waals surface area contributed by atoms with Gasteiger partial charge in [-0.2, -0.15) is 0 Å². The lowest BCUT2D eigenvalue weighted by molar-refractivity contribution is -0.142. The van der Waals surface area contributed by atoms with E-state index in [4.69, 9.17) is 14.9 Å². The molecule has 0 radical (unpaired) electrons. The van der Waals surface area contributed by atoms with Gasteiger partial charge in [-0.1, -0.05) is 12.1 Å². The smallest absolute Gasteiger partial charge is 0.328 e. The zero-order chi connectivity index (χ0) is 14.3. The molecular weight excluding hydrogens is 250 g/mol. The fraction of sp³-hybridized carbons (Fsp3) is 0.385. The van der Waals surface area contributed by atoms with E-state index < -0.39 is 24.5 Å². The van der Waals surface area contributed by atoms with Crippen molar-refractivity contribution in [1.82, 2.24) is 5.32 Å². The van der Waals surface area contributed by atoms with Crippen LogP contribution in [0.25, 0.3) is 0 Å². The Morgan fingerprint density at radius 3 is 2.74 bits per heavy atom. The predicted molar refractivity (Wildman–Crippen MR) is 68.0 cm³/mol. The summed E-state index contributed by atoms with van der Waals surface area (Å²) in [6.07, 6.45) is 0.623. The van der Waals surface area contributed by atoms with Crippen LogP contribution in [0.15, 0.2) is 24.3 Å². The molecule has 1 aromatic rings. The molecule has 6 heteroatoms. The first-order valence-corrected chi connectivity index (χ1v) is 5.82. The largest absolute Gasteiger partial charge is 0.497 e. The number of aryl methyl sites for hydroxylation is 1. The molecular formula is C13H17NO5. The quantitative estimate of drug-likeness (QED) is 0.655. The molecule has 0 aromatic heterocycles. The van der Waals surface area contributed by atoms with Crippen LogP contribution in [-0.2, 0) is 16.0 Å². The highest BCUT2D eigenvalue weighted by Gasteiger charge is 2.18. The molecule has 1 unspecified atom stereocenters. The summed E-state index contributed by atoms with van der Waals surface area (Å²) in [5.74, 6) is -0.960. The number of rotatable bonds is 7. The monoisotopic (exact) mass is 267 g/mol. The summed E-state index contributed by atoms with van der Waals surface area (Å²) < 4.78 is 5.06. The van der Waals surface area contributed by atoms with Crippen LogP contribution < -0.4 is 10.1 Å². The summed E-state index contributed by atoms with van der Waals surface area (Å²) in [5.41, 5.74) is 0.922. The molecule has 3 N–H and O–H groups in total. The van der Waals surface area contributed by atoms with Crippen LogP contribution in [0.3, 0.4) is 0 Å². The van der Waals surface area contributed by atoms with E-state index in [0.717, 1.165) is 5.56 Å². The lowest BCUT2D eigenvalue weighted by Gasteiger charge is -2.11. The number of carboxylic acids is 1. The molecule has 0 aliphatic heterocycles. The topological polar surface area (TPSA) is 95.9 Å². The first-order chi connectivity index (χ1) is 9.06. The summed E-state index contributed by atoms with van der Waals surface area (Å²) >= 11 is 0. The van der Waals surface area contributed by atoms with Gasteiger partial charge in [-0.25, -0.2) is 4.79 Å². The Kier molecular flexibility index (Phi) is 5.81. The van der Waals surface area contributed by atoms with Crippen molar-refractivity contribution in [3.05, 3.63) is 29.8 Å². The molecule has 0 bridgehead atoms. The Hall–Kier alpha value is -2.08. The van der Waals surface area contributed by atoms with Gasteiger partial charge in [0.15, 0.2) is 0 Å². The van der Waals surface area contributed by atoms with Gasteiger partial charge in [0.05, 0.1) is 13.7 Å². The molecule has 6 nitrogen and oxygen atoms in total. The second-order valence-corrected chi connectivity index (χ2v) is 3.99. The number of carboxylic acid groups (broad SMARTS) is 1. The fourth-order valence-corrected chi connectivity index (χ4v) is 1.54. The van der Waals surface area contributed by atoms with Gasteiger partial charge >= 0.3 is 5.97 Å². The van der Waals surface area contributed by atoms with Crippen molar-refractivity contribution in [1.29, 1.82) is 0 Å². The maximum absolute atomic E-state index is 11.5. The van der Waals surface area contributed by atoms with Crippen molar-refractivity contribution in [2.75, 3.05) is 13.7 Å². The molecule has 0 aliphatic carbocycles. The number of ether oxygens (including phenoxy) is 1. The van der Waals surface area contributed by atoms with E-state index in [0.29, 0.717) is 12.2 Å². The molecule has 1 aromatic carbocycles. The number of methoxy groups -OCH3 is 1. The second-order valence-electron chi connectivity index (χ2n) is 3.99. The van der Waals surface area contributed by atoms with Crippen molar-refractivity contribution >= 4 is 11.9 Å². The van der Waals surface area contributed by atoms with Crippen LogP contribution in [0, 0.1) is 0 Å². The summed E-state index contributed by atoms with van der Waals surface area (Å²) in [5, 5.41) is 19.7. The Balaban J connectivity index is 2.47. The van der Waals surface area contributed by atoms with Crippen molar-refractivity contribution < 1.29 is 24.5 Å². The molecule has 0 saturated carbocycles. The third kappa shape index (κ3) is 4.97. The number of carbonyl (C=O) groups is 2. The van der Waals surface area contributed by atoms with Crippen molar-refractivity contribution in [3.8, 4) is 5.75 Å². The predicted octanol–water partition coefficient (Wildman–Crippen LogP) is 0.189. The van der Waals surface area contributed by atoms with Gasteiger partial charge in [-0.3, -0.25) is 4.79 Å². The summed E-state index contributed by atoms with van der Waals surface area (Å²) in [7, 11) is 1.56. The van der Waals surface area contributed by atoms with E-state index in [-0.39, 0.29) is 6.42 Å². The highest BCUT2D eigenvalue weighted by Crippen LogP contribution is 2.13. The van der Waals surface area contributed by atoms with Crippen molar-refractivity contribution in [2.24, 2.45) is 0 Å². The number of nitrogens with one attached hydrogen (secondary N) is 1. The SMILES string of the molecule is COc1cccc(CCC(=O)NC(CO)C(=O)O)c1. The van der Waals surface area contributed by atoms with Crippen LogP contribution in [0.1, 0.15) is 12.0 Å². The minimum Gasteiger partial charge on any atom is -0.497 e. The second kappa shape index (κ2) is 7.38. The third-order valence-electron chi connectivity index (χ3n) is 2.59. The molecule has 1 rings (SSSR count). The number of aliphatic carboxylic acids is 1. The van der Waals surface area contributed by atoms with Crippen LogP contribution in [-0.4, -0.2) is 41.8 Å². The summed E-state index contributed by atoms with van der Waals surface area (Å²) in [4.78, 5) is 22.2. The highest BCUT2D eigenvalue weighted by atomic mass is 16.5.